The van der Waals surface area contributed by atoms with Crippen molar-refractivity contribution in [2.45, 2.75) is 28.8 Å². The highest BCUT2D eigenvalue weighted by Crippen LogP contribution is 2.69. The largest absolute Gasteiger partial charge is 0.497 e. The van der Waals surface area contributed by atoms with E-state index in [2.05, 4.69) is 10.3 Å². The number of para-hydroxylation sites is 1. The topological polar surface area (TPSA) is 127 Å². The molecule has 3 amide bonds. The third-order valence-corrected chi connectivity index (χ3v) is 13.1. The van der Waals surface area contributed by atoms with Crippen LogP contribution in [-0.2, 0) is 20.6 Å². The van der Waals surface area contributed by atoms with E-state index in [4.69, 9.17) is 14.2 Å². The molecular weight excluding hydrogens is 708 g/mol. The minimum atomic E-state index is -4.65. The summed E-state index contributed by atoms with van der Waals surface area (Å²) in [6.07, 6.45) is -3.93. The average molecular weight is 738 g/mol. The molecule has 4 aliphatic rings. The minimum absolute atomic E-state index is 0.0308. The number of nitrogens with zero attached hydrogens (tertiary/aromatic N) is 1. The molecule has 0 radical (unpaired) electrons. The highest BCUT2D eigenvalue weighted by atomic mass is 32.2. The molecule has 1 saturated heterocycles. The van der Waals surface area contributed by atoms with Crippen LogP contribution in [0.1, 0.15) is 28.3 Å². The molecule has 2 aliphatic heterocycles. The van der Waals surface area contributed by atoms with E-state index in [1.54, 1.807) is 55.3 Å². The molecule has 2 bridgehead atoms. The molecule has 7 atom stereocenters. The lowest BCUT2D eigenvalue weighted by molar-refractivity contribution is -0.137. The summed E-state index contributed by atoms with van der Waals surface area (Å²) >= 11 is 2.70. The second-order valence-corrected chi connectivity index (χ2v) is 15.2. The van der Waals surface area contributed by atoms with Crippen LogP contribution < -0.4 is 29.3 Å². The van der Waals surface area contributed by atoms with Crippen molar-refractivity contribution in [2.75, 3.05) is 31.0 Å². The van der Waals surface area contributed by atoms with E-state index in [0.29, 0.717) is 17.9 Å². The van der Waals surface area contributed by atoms with E-state index in [1.165, 1.54) is 30.2 Å². The molecular formula is C36H30F3N3O7S2. The fourth-order valence-electron chi connectivity index (χ4n) is 8.54. The Morgan fingerprint density at radius 2 is 1.67 bits per heavy atom. The van der Waals surface area contributed by atoms with Gasteiger partial charge in [0.1, 0.15) is 5.75 Å². The lowest BCUT2D eigenvalue weighted by Gasteiger charge is -2.43. The predicted molar refractivity (Wildman–Crippen MR) is 183 cm³/mol. The van der Waals surface area contributed by atoms with Gasteiger partial charge in [0.25, 0.3) is 5.91 Å². The zero-order chi connectivity index (χ0) is 35.8. The van der Waals surface area contributed by atoms with Crippen molar-refractivity contribution < 1.29 is 41.8 Å². The molecule has 15 heteroatoms. The van der Waals surface area contributed by atoms with Crippen molar-refractivity contribution in [3.63, 3.8) is 0 Å². The van der Waals surface area contributed by atoms with Gasteiger partial charge in [0.05, 0.1) is 48.0 Å². The molecule has 3 fully saturated rings. The highest BCUT2D eigenvalue weighted by Gasteiger charge is 2.69. The van der Waals surface area contributed by atoms with Crippen LogP contribution in [0, 0.1) is 29.6 Å². The van der Waals surface area contributed by atoms with Crippen molar-refractivity contribution >= 4 is 52.2 Å². The van der Waals surface area contributed by atoms with Gasteiger partial charge in [-0.25, -0.2) is 0 Å². The molecule has 3 heterocycles. The number of fused-ring (bicyclic) bond motifs is 9. The fourth-order valence-corrected chi connectivity index (χ4v) is 11.4. The number of methoxy groups -OCH3 is 2. The molecule has 1 aromatic heterocycles. The lowest BCUT2D eigenvalue weighted by atomic mass is 9.68. The maximum atomic E-state index is 14.1. The van der Waals surface area contributed by atoms with Gasteiger partial charge < -0.3 is 24.5 Å². The number of thiazole rings is 1. The van der Waals surface area contributed by atoms with E-state index in [-0.39, 0.29) is 62.8 Å². The summed E-state index contributed by atoms with van der Waals surface area (Å²) in [5.41, 5.74) is -0.0365. The van der Waals surface area contributed by atoms with Crippen molar-refractivity contribution in [3.05, 3.63) is 92.4 Å². The van der Waals surface area contributed by atoms with Gasteiger partial charge in [0, 0.05) is 16.0 Å². The van der Waals surface area contributed by atoms with Crippen LogP contribution in [-0.4, -0.2) is 48.8 Å². The first kappa shape index (κ1) is 33.4. The molecule has 2 saturated carbocycles. The van der Waals surface area contributed by atoms with Crippen LogP contribution in [0.15, 0.2) is 76.6 Å². The summed E-state index contributed by atoms with van der Waals surface area (Å²) in [7, 11) is 2.98. The lowest BCUT2D eigenvalue weighted by Crippen LogP contribution is -2.42. The summed E-state index contributed by atoms with van der Waals surface area (Å²) in [6, 6.07) is 16.8. The van der Waals surface area contributed by atoms with Gasteiger partial charge in [-0.2, -0.15) is 13.2 Å². The number of aromatic nitrogens is 1. The number of ether oxygens (including phenoxy) is 3. The van der Waals surface area contributed by atoms with Crippen LogP contribution in [0.2, 0.25) is 0 Å². The number of benzene rings is 3. The summed E-state index contributed by atoms with van der Waals surface area (Å²) < 4.78 is 56.9. The van der Waals surface area contributed by atoms with Crippen molar-refractivity contribution in [1.29, 1.82) is 0 Å². The van der Waals surface area contributed by atoms with E-state index in [0.717, 1.165) is 32.9 Å². The van der Waals surface area contributed by atoms with Gasteiger partial charge in [0.15, 0.2) is 18.1 Å². The fraction of sp³-hybridized carbons (Fsp3) is 0.333. The number of H-pyrrole nitrogens is 1. The maximum Gasteiger partial charge on any atom is 0.418 e. The number of amides is 3. The molecule has 2 aliphatic carbocycles. The van der Waals surface area contributed by atoms with Gasteiger partial charge in [0.2, 0.25) is 11.8 Å². The van der Waals surface area contributed by atoms with Crippen LogP contribution in [0.4, 0.5) is 24.5 Å². The number of hydrogen-bond acceptors (Lipinski definition) is 9. The molecule has 2 N–H and O–H groups in total. The molecule has 51 heavy (non-hydrogen) atoms. The number of carbonyl (C=O) groups excluding carboxylic acids is 3. The van der Waals surface area contributed by atoms with E-state index >= 15 is 0 Å². The van der Waals surface area contributed by atoms with Crippen LogP contribution >= 0.6 is 23.1 Å². The van der Waals surface area contributed by atoms with Crippen LogP contribution in [0.25, 0.3) is 0 Å². The first-order valence-corrected chi connectivity index (χ1v) is 17.9. The van der Waals surface area contributed by atoms with Gasteiger partial charge >= 0.3 is 11.0 Å². The average Bonchev–Trinajstić information content (AvgIpc) is 3.85. The Hall–Kier alpha value is -4.76. The van der Waals surface area contributed by atoms with E-state index < -0.39 is 36.1 Å². The number of alkyl halides is 3. The number of imide groups is 1. The first-order chi connectivity index (χ1) is 24.5. The number of rotatable bonds is 8. The summed E-state index contributed by atoms with van der Waals surface area (Å²) in [5.74, 6) is -1.59. The Bertz CT molecular complexity index is 2120. The molecule has 4 unspecified atom stereocenters. The molecule has 10 nitrogen and oxygen atoms in total. The Morgan fingerprint density at radius 3 is 2.37 bits per heavy atom. The van der Waals surface area contributed by atoms with Crippen LogP contribution in [0.5, 0.6) is 17.2 Å². The number of hydrogen-bond donors (Lipinski definition) is 2. The highest BCUT2D eigenvalue weighted by molar-refractivity contribution is 8.00. The van der Waals surface area contributed by atoms with Crippen molar-refractivity contribution in [2.24, 2.45) is 29.6 Å². The quantitative estimate of drug-likeness (QED) is 0.206. The summed E-state index contributed by atoms with van der Waals surface area (Å²) in [6.45, 7) is -0.579. The van der Waals surface area contributed by atoms with Gasteiger partial charge in [-0.1, -0.05) is 29.5 Å². The third-order valence-electron chi connectivity index (χ3n) is 10.5. The minimum Gasteiger partial charge on any atom is -0.497 e. The number of thioether (sulfide) groups is 1. The molecule has 3 aromatic carbocycles. The monoisotopic (exact) mass is 737 g/mol. The second kappa shape index (κ2) is 12.5. The van der Waals surface area contributed by atoms with E-state index in [1.807, 2.05) is 6.07 Å². The predicted octanol–water partition coefficient (Wildman–Crippen LogP) is 6.17. The zero-order valence-corrected chi connectivity index (χ0v) is 28.7. The number of aromatic amines is 1. The zero-order valence-electron chi connectivity index (χ0n) is 27.1. The summed E-state index contributed by atoms with van der Waals surface area (Å²) in [4.78, 5) is 58.3. The molecule has 8 rings (SSSR count). The smallest absolute Gasteiger partial charge is 0.418 e. The normalized spacial score (nSPS) is 26.1. The number of anilines is 2. The van der Waals surface area contributed by atoms with Gasteiger partial charge in [-0.3, -0.25) is 24.1 Å². The Labute approximate surface area is 297 Å². The molecule has 264 valence electrons. The van der Waals surface area contributed by atoms with Gasteiger partial charge in [-0.05, 0) is 78.3 Å². The molecule has 0 spiro atoms. The standard InChI is InChI=1S/C36H30F3N3O7S2/c1-47-18-10-8-17(9-11-18)42-33(44)28-19-14-20(29(28)34(42)45)30-27(19)26(31-32(50-30)41-35(46)51-31)16-7-12-23(24(13-16)48-2)49-15-25(43)40-22-6-4-3-5-21(22)36(37,38)39/h3-13,19-20,26-30H,14-15H2,1-2H3,(H,40,43)(H,41,46)/t19-,20-,26-,27?,28?,29?,30?/m1/s1. The van der Waals surface area contributed by atoms with Crippen molar-refractivity contribution in [3.8, 4) is 17.2 Å². The van der Waals surface area contributed by atoms with Gasteiger partial charge in [-0.15, -0.1) is 11.8 Å². The Kier molecular flexibility index (Phi) is 8.17. The summed E-state index contributed by atoms with van der Waals surface area (Å²) in [5, 5.41) is 2.98. The Morgan fingerprint density at radius 1 is 0.941 bits per heavy atom. The van der Waals surface area contributed by atoms with E-state index in [9.17, 15) is 32.3 Å². The third kappa shape index (κ3) is 5.48. The first-order valence-electron chi connectivity index (χ1n) is 16.2. The number of carbonyl (C=O) groups is 3. The molecule has 4 aromatic rings. The van der Waals surface area contributed by atoms with Crippen LogP contribution in [0.3, 0.4) is 0 Å². The van der Waals surface area contributed by atoms with Crippen molar-refractivity contribution in [1.82, 2.24) is 4.98 Å². The number of nitrogens with one attached hydrogen (secondary N) is 2. The second-order valence-electron chi connectivity index (χ2n) is 13.0. The number of halogens is 3. The Balaban J connectivity index is 1.07. The SMILES string of the molecule is COc1ccc(N2C(=O)C3C(C2=O)[C@@H]2C[C@H]3C3Sc4[nH]c(=O)sc4[C@H](c4ccc(OCC(=O)Nc5ccccc5C(F)(F)F)c(OC)c4)C32)cc1. The maximum absolute atomic E-state index is 14.1.